The molecule has 0 radical (unpaired) electrons. The highest BCUT2D eigenvalue weighted by atomic mass is 32.1. The molecular weight excluding hydrogens is 249 g/mol. The molecule has 0 saturated carbocycles. The molecule has 0 aliphatic heterocycles. The van der Waals surface area contributed by atoms with E-state index < -0.39 is 0 Å². The predicted octanol–water partition coefficient (Wildman–Crippen LogP) is 2.96. The number of halogens is 1. The van der Waals surface area contributed by atoms with E-state index in [4.69, 9.17) is 0 Å². The van der Waals surface area contributed by atoms with E-state index in [2.05, 4.69) is 21.8 Å². The topological polar surface area (TPSA) is 37.8 Å². The molecule has 0 amide bonds. The van der Waals surface area contributed by atoms with Gasteiger partial charge >= 0.3 is 0 Å². The van der Waals surface area contributed by atoms with Crippen molar-refractivity contribution < 1.29 is 4.39 Å². The Morgan fingerprint density at radius 1 is 1.33 bits per heavy atom. The van der Waals surface area contributed by atoms with Gasteiger partial charge in [-0.25, -0.2) is 4.39 Å². The van der Waals surface area contributed by atoms with E-state index in [1.807, 2.05) is 12.1 Å². The van der Waals surface area contributed by atoms with Crippen molar-refractivity contribution in [3.63, 3.8) is 0 Å². The lowest BCUT2D eigenvalue weighted by atomic mass is 10.0. The van der Waals surface area contributed by atoms with E-state index in [0.717, 1.165) is 29.8 Å². The lowest BCUT2D eigenvalue weighted by Gasteiger charge is -2.16. The van der Waals surface area contributed by atoms with Gasteiger partial charge in [0.15, 0.2) is 0 Å². The Morgan fingerprint density at radius 2 is 2.11 bits per heavy atom. The third-order valence-corrected chi connectivity index (χ3v) is 3.49. The van der Waals surface area contributed by atoms with E-state index in [9.17, 15) is 4.39 Å². The molecule has 1 unspecified atom stereocenters. The van der Waals surface area contributed by atoms with Gasteiger partial charge in [0.25, 0.3) is 0 Å². The minimum Gasteiger partial charge on any atom is -0.309 e. The number of hydrogen-bond acceptors (Lipinski definition) is 4. The van der Waals surface area contributed by atoms with Crippen LogP contribution in [-0.4, -0.2) is 16.1 Å². The highest BCUT2D eigenvalue weighted by Gasteiger charge is 2.13. The van der Waals surface area contributed by atoms with Gasteiger partial charge < -0.3 is 5.32 Å². The van der Waals surface area contributed by atoms with Crippen LogP contribution in [-0.2, 0) is 6.42 Å². The highest BCUT2D eigenvalue weighted by molar-refractivity contribution is 7.05. The Kier molecular flexibility index (Phi) is 4.78. The summed E-state index contributed by atoms with van der Waals surface area (Å²) >= 11 is 1.41. The summed E-state index contributed by atoms with van der Waals surface area (Å²) in [5.41, 5.74) is 1.11. The van der Waals surface area contributed by atoms with Gasteiger partial charge in [0.2, 0.25) is 0 Å². The van der Waals surface area contributed by atoms with Crippen LogP contribution in [0.5, 0.6) is 0 Å². The van der Waals surface area contributed by atoms with Gasteiger partial charge in [-0.05, 0) is 48.6 Å². The van der Waals surface area contributed by atoms with Gasteiger partial charge in [-0.1, -0.05) is 23.5 Å². The van der Waals surface area contributed by atoms with Crippen molar-refractivity contribution in [2.75, 3.05) is 6.54 Å². The third kappa shape index (κ3) is 3.58. The maximum absolute atomic E-state index is 12.9. The van der Waals surface area contributed by atoms with Crippen molar-refractivity contribution in [1.29, 1.82) is 0 Å². The molecule has 0 spiro atoms. The molecule has 3 nitrogen and oxygen atoms in total. The van der Waals surface area contributed by atoms with E-state index >= 15 is 0 Å². The largest absolute Gasteiger partial charge is 0.309 e. The van der Waals surface area contributed by atoms with E-state index in [1.165, 1.54) is 23.7 Å². The highest BCUT2D eigenvalue weighted by Crippen LogP contribution is 2.20. The predicted molar refractivity (Wildman–Crippen MR) is 71.0 cm³/mol. The summed E-state index contributed by atoms with van der Waals surface area (Å²) in [6.45, 7) is 3.08. The maximum Gasteiger partial charge on any atom is 0.123 e. The Morgan fingerprint density at radius 3 is 2.72 bits per heavy atom. The van der Waals surface area contributed by atoms with Gasteiger partial charge in [0.1, 0.15) is 5.82 Å². The average Bonchev–Trinajstić information content (AvgIpc) is 2.90. The van der Waals surface area contributed by atoms with E-state index in [0.29, 0.717) is 0 Å². The number of aromatic nitrogens is 2. The van der Waals surface area contributed by atoms with Crippen molar-refractivity contribution in [1.82, 2.24) is 14.9 Å². The standard InChI is InChI=1S/C13H16FN3S/c1-2-7-15-12(13-9-16-17-18-13)8-10-3-5-11(14)6-4-10/h3-6,9,12,15H,2,7-8H2,1H3. The second kappa shape index (κ2) is 6.56. The molecule has 0 aliphatic carbocycles. The van der Waals surface area contributed by atoms with Crippen LogP contribution >= 0.6 is 11.5 Å². The van der Waals surface area contributed by atoms with Gasteiger partial charge in [-0.15, -0.1) is 5.10 Å². The van der Waals surface area contributed by atoms with Crippen molar-refractivity contribution in [3.05, 3.63) is 46.7 Å². The molecule has 2 aromatic rings. The Bertz CT molecular complexity index is 456. The first-order valence-electron chi connectivity index (χ1n) is 6.04. The molecule has 0 fully saturated rings. The molecule has 1 aromatic heterocycles. The maximum atomic E-state index is 12.9. The summed E-state index contributed by atoms with van der Waals surface area (Å²) in [6, 6.07) is 6.85. The van der Waals surface area contributed by atoms with Crippen LogP contribution in [0.25, 0.3) is 0 Å². The first-order chi connectivity index (χ1) is 8.79. The van der Waals surface area contributed by atoms with Crippen molar-refractivity contribution >= 4 is 11.5 Å². The molecule has 96 valence electrons. The number of benzene rings is 1. The molecule has 2 rings (SSSR count). The Labute approximate surface area is 110 Å². The lowest BCUT2D eigenvalue weighted by molar-refractivity contribution is 0.535. The van der Waals surface area contributed by atoms with Crippen LogP contribution in [0.2, 0.25) is 0 Å². The lowest BCUT2D eigenvalue weighted by Crippen LogP contribution is -2.23. The molecule has 0 saturated heterocycles. The Balaban J connectivity index is 2.07. The van der Waals surface area contributed by atoms with Crippen molar-refractivity contribution in [2.45, 2.75) is 25.8 Å². The fourth-order valence-electron chi connectivity index (χ4n) is 1.78. The normalized spacial score (nSPS) is 12.6. The summed E-state index contributed by atoms with van der Waals surface area (Å²) in [4.78, 5) is 1.12. The van der Waals surface area contributed by atoms with Gasteiger partial charge in [0, 0.05) is 6.04 Å². The van der Waals surface area contributed by atoms with Gasteiger partial charge in [-0.3, -0.25) is 0 Å². The smallest absolute Gasteiger partial charge is 0.123 e. The molecule has 0 bridgehead atoms. The first kappa shape index (κ1) is 13.1. The SMILES string of the molecule is CCCNC(Cc1ccc(F)cc1)c1cnns1. The van der Waals surface area contributed by atoms with E-state index in [1.54, 1.807) is 6.20 Å². The molecule has 0 aliphatic rings. The zero-order valence-electron chi connectivity index (χ0n) is 10.3. The Hall–Kier alpha value is -1.33. The molecule has 18 heavy (non-hydrogen) atoms. The second-order valence-corrected chi connectivity index (χ2v) is 4.97. The third-order valence-electron chi connectivity index (χ3n) is 2.72. The van der Waals surface area contributed by atoms with Gasteiger partial charge in [-0.2, -0.15) is 0 Å². The number of nitrogens with one attached hydrogen (secondary N) is 1. The van der Waals surface area contributed by atoms with Crippen LogP contribution in [0.3, 0.4) is 0 Å². The first-order valence-corrected chi connectivity index (χ1v) is 6.82. The minimum absolute atomic E-state index is 0.198. The molecule has 5 heteroatoms. The molecule has 1 aromatic carbocycles. The minimum atomic E-state index is -0.198. The van der Waals surface area contributed by atoms with Gasteiger partial charge in [0.05, 0.1) is 11.1 Å². The van der Waals surface area contributed by atoms with E-state index in [-0.39, 0.29) is 11.9 Å². The molecule has 1 N–H and O–H groups in total. The fourth-order valence-corrected chi connectivity index (χ4v) is 2.35. The molecule has 1 atom stereocenters. The van der Waals surface area contributed by atoms with Crippen molar-refractivity contribution in [2.24, 2.45) is 0 Å². The zero-order valence-corrected chi connectivity index (χ0v) is 11.1. The van der Waals surface area contributed by atoms with Crippen LogP contribution in [0, 0.1) is 5.82 Å². The fraction of sp³-hybridized carbons (Fsp3) is 0.385. The van der Waals surface area contributed by atoms with Crippen molar-refractivity contribution in [3.8, 4) is 0 Å². The summed E-state index contributed by atoms with van der Waals surface area (Å²) in [6.07, 6.45) is 3.69. The number of hydrogen-bond donors (Lipinski definition) is 1. The molecular formula is C13H16FN3S. The number of rotatable bonds is 6. The van der Waals surface area contributed by atoms with Crippen LogP contribution < -0.4 is 5.32 Å². The summed E-state index contributed by atoms with van der Waals surface area (Å²) < 4.78 is 16.8. The summed E-state index contributed by atoms with van der Waals surface area (Å²) in [7, 11) is 0. The second-order valence-electron chi connectivity index (χ2n) is 4.16. The summed E-state index contributed by atoms with van der Waals surface area (Å²) in [5, 5.41) is 7.35. The van der Waals surface area contributed by atoms with Crippen LogP contribution in [0.4, 0.5) is 4.39 Å². The zero-order chi connectivity index (χ0) is 12.8. The van der Waals surface area contributed by atoms with Crippen LogP contribution in [0.1, 0.15) is 29.8 Å². The monoisotopic (exact) mass is 265 g/mol. The number of nitrogens with zero attached hydrogens (tertiary/aromatic N) is 2. The van der Waals surface area contributed by atoms with Crippen LogP contribution in [0.15, 0.2) is 30.5 Å². The average molecular weight is 265 g/mol. The summed E-state index contributed by atoms with van der Waals surface area (Å²) in [5.74, 6) is -0.198. The molecule has 1 heterocycles. The quantitative estimate of drug-likeness (QED) is 0.872.